The van der Waals surface area contributed by atoms with Crippen molar-refractivity contribution in [2.45, 2.75) is 0 Å². The van der Waals surface area contributed by atoms with Gasteiger partial charge in [-0.1, -0.05) is 0 Å². The Labute approximate surface area is 54.6 Å². The summed E-state index contributed by atoms with van der Waals surface area (Å²) in [4.78, 5) is 4.64. The van der Waals surface area contributed by atoms with Crippen molar-refractivity contribution in [2.75, 3.05) is 20.1 Å². The van der Waals surface area contributed by atoms with E-state index < -0.39 is 0 Å². The lowest BCUT2D eigenvalue weighted by molar-refractivity contribution is 0.519. The van der Waals surface area contributed by atoms with Crippen LogP contribution in [0.25, 0.3) is 4.85 Å². The molecule has 0 bridgehead atoms. The SMILES string of the molecule is [C-]#[N+]CCN(C)C(=N)N. The van der Waals surface area contributed by atoms with Crippen molar-refractivity contribution in [1.82, 2.24) is 4.90 Å². The maximum Gasteiger partial charge on any atom is 0.232 e. The minimum atomic E-state index is 0.0126. The summed E-state index contributed by atoms with van der Waals surface area (Å²) >= 11 is 0. The number of nitrogens with one attached hydrogen (secondary N) is 1. The second-order valence-electron chi connectivity index (χ2n) is 1.69. The molecule has 4 nitrogen and oxygen atoms in total. The van der Waals surface area contributed by atoms with Crippen molar-refractivity contribution in [2.24, 2.45) is 5.73 Å². The number of hydrogen-bond acceptors (Lipinski definition) is 1. The Morgan fingerprint density at radius 1 is 1.89 bits per heavy atom. The molecule has 0 saturated heterocycles. The van der Waals surface area contributed by atoms with Crippen molar-refractivity contribution in [1.29, 1.82) is 5.41 Å². The first kappa shape index (κ1) is 7.76. The molecule has 0 fully saturated rings. The maximum absolute atomic E-state index is 6.88. The second kappa shape index (κ2) is 3.72. The van der Waals surface area contributed by atoms with Gasteiger partial charge >= 0.3 is 0 Å². The zero-order valence-electron chi connectivity index (χ0n) is 5.39. The van der Waals surface area contributed by atoms with E-state index >= 15 is 0 Å². The summed E-state index contributed by atoms with van der Waals surface area (Å²) in [6, 6.07) is 0. The molecule has 0 rings (SSSR count). The minimum Gasteiger partial charge on any atom is -0.370 e. The first-order valence-electron chi connectivity index (χ1n) is 2.57. The highest BCUT2D eigenvalue weighted by molar-refractivity contribution is 5.74. The maximum atomic E-state index is 6.88. The summed E-state index contributed by atoms with van der Waals surface area (Å²) in [7, 11) is 1.69. The first-order valence-corrected chi connectivity index (χ1v) is 2.57. The van der Waals surface area contributed by atoms with Gasteiger partial charge in [0.15, 0.2) is 5.96 Å². The molecule has 9 heavy (non-hydrogen) atoms. The van der Waals surface area contributed by atoms with Crippen LogP contribution in [0.3, 0.4) is 0 Å². The lowest BCUT2D eigenvalue weighted by Crippen LogP contribution is -2.34. The zero-order valence-corrected chi connectivity index (χ0v) is 5.39. The van der Waals surface area contributed by atoms with E-state index in [2.05, 4.69) is 4.85 Å². The van der Waals surface area contributed by atoms with Crippen LogP contribution in [0.1, 0.15) is 0 Å². The van der Waals surface area contributed by atoms with E-state index in [0.29, 0.717) is 13.1 Å². The molecular weight excluding hydrogens is 116 g/mol. The number of rotatable bonds is 2. The highest BCUT2D eigenvalue weighted by Crippen LogP contribution is 1.78. The topological polar surface area (TPSA) is 57.5 Å². The van der Waals surface area contributed by atoms with E-state index in [1.807, 2.05) is 0 Å². The number of likely N-dealkylation sites (N-methyl/N-ethyl adjacent to an activating group) is 1. The Hall–Kier alpha value is -1.24. The molecule has 0 radical (unpaired) electrons. The van der Waals surface area contributed by atoms with Crippen LogP contribution in [0.2, 0.25) is 0 Å². The van der Waals surface area contributed by atoms with E-state index in [1.165, 1.54) is 4.90 Å². The molecule has 0 aromatic rings. The molecule has 0 spiro atoms. The van der Waals surface area contributed by atoms with Crippen LogP contribution in [-0.4, -0.2) is 31.0 Å². The number of guanidine groups is 1. The normalized spacial score (nSPS) is 8.00. The molecular formula is C5H10N4. The fraction of sp³-hybridized carbons (Fsp3) is 0.600. The van der Waals surface area contributed by atoms with Crippen LogP contribution < -0.4 is 5.73 Å². The lowest BCUT2D eigenvalue weighted by Gasteiger charge is -2.11. The summed E-state index contributed by atoms with van der Waals surface area (Å²) < 4.78 is 0. The van der Waals surface area contributed by atoms with E-state index in [-0.39, 0.29) is 5.96 Å². The van der Waals surface area contributed by atoms with Gasteiger partial charge in [0.05, 0.1) is 6.54 Å². The number of nitrogens with zero attached hydrogens (tertiary/aromatic N) is 2. The Bertz CT molecular complexity index is 134. The summed E-state index contributed by atoms with van der Waals surface area (Å²) in [5, 5.41) is 6.88. The van der Waals surface area contributed by atoms with E-state index in [0.717, 1.165) is 0 Å². The predicted molar refractivity (Wildman–Crippen MR) is 36.0 cm³/mol. The van der Waals surface area contributed by atoms with Crippen molar-refractivity contribution < 1.29 is 0 Å². The van der Waals surface area contributed by atoms with E-state index in [1.54, 1.807) is 7.05 Å². The number of nitrogens with two attached hydrogens (primary N) is 1. The summed E-state index contributed by atoms with van der Waals surface area (Å²) in [5.41, 5.74) is 5.08. The van der Waals surface area contributed by atoms with Crippen LogP contribution >= 0.6 is 0 Å². The molecule has 0 amide bonds. The van der Waals surface area contributed by atoms with Crippen molar-refractivity contribution in [3.8, 4) is 0 Å². The highest BCUT2D eigenvalue weighted by atomic mass is 15.2. The zero-order chi connectivity index (χ0) is 7.28. The van der Waals surface area contributed by atoms with Crippen LogP contribution in [0.15, 0.2) is 0 Å². The van der Waals surface area contributed by atoms with Crippen molar-refractivity contribution in [3.05, 3.63) is 11.4 Å². The van der Waals surface area contributed by atoms with Gasteiger partial charge in [0.1, 0.15) is 0 Å². The van der Waals surface area contributed by atoms with Gasteiger partial charge in [0.25, 0.3) is 0 Å². The molecule has 0 aromatic heterocycles. The van der Waals surface area contributed by atoms with Crippen LogP contribution in [0, 0.1) is 12.0 Å². The second-order valence-corrected chi connectivity index (χ2v) is 1.69. The Kier molecular flexibility index (Phi) is 3.21. The monoisotopic (exact) mass is 126 g/mol. The Morgan fingerprint density at radius 2 is 2.44 bits per heavy atom. The Morgan fingerprint density at radius 3 is 2.78 bits per heavy atom. The van der Waals surface area contributed by atoms with Crippen molar-refractivity contribution in [3.63, 3.8) is 0 Å². The quantitative estimate of drug-likeness (QED) is 0.304. The molecule has 4 heteroatoms. The minimum absolute atomic E-state index is 0.0126. The summed E-state index contributed by atoms with van der Waals surface area (Å²) in [5.74, 6) is 0.0126. The summed E-state index contributed by atoms with van der Waals surface area (Å²) in [6.45, 7) is 7.36. The predicted octanol–water partition coefficient (Wildman–Crippen LogP) is -0.269. The molecule has 0 heterocycles. The summed E-state index contributed by atoms with van der Waals surface area (Å²) in [6.07, 6.45) is 0. The fourth-order valence-corrected chi connectivity index (χ4v) is 0.320. The molecule has 0 saturated carbocycles. The molecule has 0 atom stereocenters. The number of hydrogen-bond donors (Lipinski definition) is 2. The standard InChI is InChI=1S/C5H10N4/c1-8-3-4-9(2)5(6)7/h3-4H2,2H3,(H3,6,7). The smallest absolute Gasteiger partial charge is 0.232 e. The van der Waals surface area contributed by atoms with E-state index in [9.17, 15) is 0 Å². The van der Waals surface area contributed by atoms with Crippen LogP contribution in [0.4, 0.5) is 0 Å². The third-order valence-corrected chi connectivity index (χ3v) is 0.958. The average Bonchev–Trinajstić information content (AvgIpc) is 1.82. The average molecular weight is 126 g/mol. The van der Waals surface area contributed by atoms with Crippen LogP contribution in [0.5, 0.6) is 0 Å². The lowest BCUT2D eigenvalue weighted by atomic mass is 10.6. The molecule has 0 unspecified atom stereocenters. The highest BCUT2D eigenvalue weighted by Gasteiger charge is 1.97. The van der Waals surface area contributed by atoms with Gasteiger partial charge in [-0.05, 0) is 0 Å². The fourth-order valence-electron chi connectivity index (χ4n) is 0.320. The van der Waals surface area contributed by atoms with Gasteiger partial charge in [0, 0.05) is 7.05 Å². The largest absolute Gasteiger partial charge is 0.370 e. The molecule has 3 N–H and O–H groups in total. The van der Waals surface area contributed by atoms with Crippen LogP contribution in [-0.2, 0) is 0 Å². The Balaban J connectivity index is 3.41. The molecule has 0 aromatic carbocycles. The molecule has 0 aliphatic carbocycles. The van der Waals surface area contributed by atoms with Crippen molar-refractivity contribution >= 4 is 5.96 Å². The van der Waals surface area contributed by atoms with Gasteiger partial charge in [-0.15, -0.1) is 0 Å². The van der Waals surface area contributed by atoms with E-state index in [4.69, 9.17) is 17.7 Å². The van der Waals surface area contributed by atoms with Gasteiger partial charge in [-0.3, -0.25) is 5.41 Å². The molecule has 0 aliphatic rings. The third-order valence-electron chi connectivity index (χ3n) is 0.958. The van der Waals surface area contributed by atoms with Gasteiger partial charge in [-0.2, -0.15) is 0 Å². The molecule has 50 valence electrons. The molecule has 0 aliphatic heterocycles. The first-order chi connectivity index (χ1) is 4.18. The van der Waals surface area contributed by atoms with Gasteiger partial charge in [0.2, 0.25) is 6.54 Å². The van der Waals surface area contributed by atoms with Gasteiger partial charge < -0.3 is 15.5 Å². The third kappa shape index (κ3) is 3.35. The van der Waals surface area contributed by atoms with Gasteiger partial charge in [-0.25, -0.2) is 6.57 Å².